The van der Waals surface area contributed by atoms with Gasteiger partial charge in [0.25, 0.3) is 11.8 Å². The number of rotatable bonds is 9. The molecular weight excluding hydrogens is 642 g/mol. The maximum atomic E-state index is 14.4. The summed E-state index contributed by atoms with van der Waals surface area (Å²) in [5.41, 5.74) is 8.36. The quantitative estimate of drug-likeness (QED) is 0.183. The monoisotopic (exact) mass is 668 g/mol. The van der Waals surface area contributed by atoms with Crippen LogP contribution in [0.3, 0.4) is 0 Å². The number of nitrogens with two attached hydrogens (primary N) is 1. The summed E-state index contributed by atoms with van der Waals surface area (Å²) in [4.78, 5) is 36.0. The Morgan fingerprint density at radius 1 is 1.05 bits per heavy atom. The van der Waals surface area contributed by atoms with Crippen molar-refractivity contribution in [2.75, 3.05) is 44.1 Å². The average Bonchev–Trinajstić information content (AvgIpc) is 2.97. The number of amides is 2. The number of carbonyl (C=O) groups excluding carboxylic acids is 2. The highest BCUT2D eigenvalue weighted by molar-refractivity contribution is 14.1. The summed E-state index contributed by atoms with van der Waals surface area (Å²) in [6.07, 6.45) is 0. The highest BCUT2D eigenvalue weighted by atomic mass is 127. The van der Waals surface area contributed by atoms with Gasteiger partial charge in [-0.15, -0.1) is 0 Å². The number of pyridine rings is 1. The summed E-state index contributed by atoms with van der Waals surface area (Å²) >= 11 is 14.4. The van der Waals surface area contributed by atoms with Crippen molar-refractivity contribution < 1.29 is 19.1 Å². The normalized spacial score (nSPS) is 16.4. The molecule has 2 aromatic carbocycles. The first-order valence-electron chi connectivity index (χ1n) is 11.9. The van der Waals surface area contributed by atoms with Crippen LogP contribution in [0.25, 0.3) is 0 Å². The van der Waals surface area contributed by atoms with E-state index in [1.807, 2.05) is 13.0 Å². The number of nitrogens with zero attached hydrogens (tertiary/aromatic N) is 3. The molecule has 0 saturated heterocycles. The summed E-state index contributed by atoms with van der Waals surface area (Å²) in [7, 11) is 1.60. The van der Waals surface area contributed by atoms with Crippen LogP contribution < -0.4 is 10.6 Å². The molecule has 2 amide bonds. The molecule has 0 spiro atoms. The number of benzene rings is 2. The number of methoxy groups -OCH3 is 1. The third kappa shape index (κ3) is 6.07. The van der Waals surface area contributed by atoms with Crippen LogP contribution >= 0.6 is 45.8 Å². The molecule has 1 aliphatic heterocycles. The maximum absolute atomic E-state index is 14.4. The Morgan fingerprint density at radius 2 is 1.79 bits per heavy atom. The Morgan fingerprint density at radius 3 is 2.47 bits per heavy atom. The van der Waals surface area contributed by atoms with Crippen molar-refractivity contribution in [1.82, 2.24) is 9.88 Å². The maximum Gasteiger partial charge on any atom is 0.257 e. The lowest BCUT2D eigenvalue weighted by Gasteiger charge is -2.36. The number of carbonyl (C=O) groups is 2. The Balaban J connectivity index is 1.86. The van der Waals surface area contributed by atoms with Crippen LogP contribution in [0.2, 0.25) is 10.2 Å². The number of halogens is 3. The minimum absolute atomic E-state index is 0.190. The van der Waals surface area contributed by atoms with Gasteiger partial charge in [0.2, 0.25) is 0 Å². The molecule has 8 nitrogen and oxygen atoms in total. The van der Waals surface area contributed by atoms with Gasteiger partial charge in [0.15, 0.2) is 0 Å². The molecular formula is C27H27Cl2IN4O4. The fraction of sp³-hybridized carbons (Fsp3) is 0.296. The highest BCUT2D eigenvalue weighted by Gasteiger charge is 2.43. The second kappa shape index (κ2) is 12.6. The molecule has 0 aliphatic carbocycles. The molecule has 2 heterocycles. The van der Waals surface area contributed by atoms with Crippen LogP contribution in [0.5, 0.6) is 0 Å². The Hall–Kier alpha value is -2.44. The van der Waals surface area contributed by atoms with Gasteiger partial charge in [-0.3, -0.25) is 9.59 Å². The van der Waals surface area contributed by atoms with Gasteiger partial charge in [-0.25, -0.2) is 4.98 Å². The van der Waals surface area contributed by atoms with E-state index < -0.39 is 12.1 Å². The molecule has 200 valence electrons. The van der Waals surface area contributed by atoms with Crippen LogP contribution in [-0.2, 0) is 14.3 Å². The summed E-state index contributed by atoms with van der Waals surface area (Å²) in [6.45, 7) is 3.18. The lowest BCUT2D eigenvalue weighted by Crippen LogP contribution is -2.44. The number of aromatic nitrogens is 1. The molecule has 1 aromatic heterocycles. The third-order valence-electron chi connectivity index (χ3n) is 6.36. The Labute approximate surface area is 245 Å². The zero-order valence-electron chi connectivity index (χ0n) is 20.9. The highest BCUT2D eigenvalue weighted by Crippen LogP contribution is 2.41. The van der Waals surface area contributed by atoms with E-state index in [1.54, 1.807) is 65.4 Å². The zero-order chi connectivity index (χ0) is 27.4. The largest absolute Gasteiger partial charge is 0.383 e. The number of ether oxygens (including phenoxy) is 2. The molecule has 38 heavy (non-hydrogen) atoms. The fourth-order valence-corrected chi connectivity index (χ4v) is 5.27. The predicted octanol–water partition coefficient (Wildman–Crippen LogP) is 5.53. The van der Waals surface area contributed by atoms with Crippen molar-refractivity contribution in [3.05, 3.63) is 85.0 Å². The average molecular weight is 669 g/mol. The zero-order valence-corrected chi connectivity index (χ0v) is 24.5. The summed E-state index contributed by atoms with van der Waals surface area (Å²) < 4.78 is 11.6. The SMILES string of the molecule is COCCOCCN1C(=O)[C@H](c2ccc(Cl)cc2)N([C@H](C)c2ccc(Cl)nc2N)C(=O)c2cc(I)ccc21. The third-order valence-corrected chi connectivity index (χ3v) is 7.49. The lowest BCUT2D eigenvalue weighted by atomic mass is 9.99. The van der Waals surface area contributed by atoms with Gasteiger partial charge in [-0.1, -0.05) is 41.4 Å². The lowest BCUT2D eigenvalue weighted by molar-refractivity contribution is -0.124. The Kier molecular flexibility index (Phi) is 9.48. The molecule has 1 aliphatic rings. The molecule has 4 rings (SSSR count). The topological polar surface area (TPSA) is 98.0 Å². The summed E-state index contributed by atoms with van der Waals surface area (Å²) in [5, 5.41) is 0.763. The number of nitrogen functional groups attached to an aromatic ring is 1. The van der Waals surface area contributed by atoms with Crippen LogP contribution in [0.15, 0.2) is 54.6 Å². The van der Waals surface area contributed by atoms with E-state index in [1.165, 1.54) is 0 Å². The molecule has 11 heteroatoms. The van der Waals surface area contributed by atoms with Crippen LogP contribution in [0.4, 0.5) is 11.5 Å². The fourth-order valence-electron chi connectivity index (χ4n) is 4.50. The van der Waals surface area contributed by atoms with E-state index in [4.69, 9.17) is 38.4 Å². The molecule has 0 bridgehead atoms. The molecule has 0 saturated carbocycles. The molecule has 0 radical (unpaired) electrons. The van der Waals surface area contributed by atoms with Gasteiger partial charge >= 0.3 is 0 Å². The first-order chi connectivity index (χ1) is 18.2. The van der Waals surface area contributed by atoms with Gasteiger partial charge in [0, 0.05) is 27.8 Å². The van der Waals surface area contributed by atoms with Crippen LogP contribution in [-0.4, -0.2) is 55.2 Å². The number of fused-ring (bicyclic) bond motifs is 1. The van der Waals surface area contributed by atoms with E-state index in [-0.39, 0.29) is 35.9 Å². The van der Waals surface area contributed by atoms with E-state index in [9.17, 15) is 9.59 Å². The molecule has 0 fully saturated rings. The van der Waals surface area contributed by atoms with Crippen molar-refractivity contribution in [1.29, 1.82) is 0 Å². The number of anilines is 2. The van der Waals surface area contributed by atoms with Gasteiger partial charge < -0.3 is 25.0 Å². The van der Waals surface area contributed by atoms with Crippen molar-refractivity contribution >= 4 is 69.1 Å². The van der Waals surface area contributed by atoms with E-state index >= 15 is 0 Å². The van der Waals surface area contributed by atoms with E-state index in [2.05, 4.69) is 27.6 Å². The van der Waals surface area contributed by atoms with Crippen LogP contribution in [0.1, 0.15) is 40.5 Å². The smallest absolute Gasteiger partial charge is 0.257 e. The standard InChI is InChI=1S/C27H27Cl2IN4O4/c1-16(20-8-10-23(29)32-25(20)31)34-24(17-3-5-18(28)6-4-17)27(36)33(11-12-38-14-13-37-2)22-9-7-19(30)15-21(22)26(34)35/h3-10,15-16,24H,11-14H2,1-2H3,(H2,31,32)/t16-,24+/m1/s1. The second-order valence-electron chi connectivity index (χ2n) is 8.71. The van der Waals surface area contributed by atoms with E-state index in [0.717, 1.165) is 3.57 Å². The summed E-state index contributed by atoms with van der Waals surface area (Å²) in [6, 6.07) is 14.2. The van der Waals surface area contributed by atoms with Gasteiger partial charge in [0.1, 0.15) is 17.0 Å². The molecule has 0 unspecified atom stereocenters. The van der Waals surface area contributed by atoms with Crippen molar-refractivity contribution in [2.24, 2.45) is 0 Å². The van der Waals surface area contributed by atoms with Crippen molar-refractivity contribution in [2.45, 2.75) is 19.0 Å². The number of hydrogen-bond acceptors (Lipinski definition) is 6. The summed E-state index contributed by atoms with van der Waals surface area (Å²) in [5.74, 6) is -0.393. The second-order valence-corrected chi connectivity index (χ2v) is 10.8. The number of hydrogen-bond donors (Lipinski definition) is 1. The minimum Gasteiger partial charge on any atom is -0.383 e. The molecule has 2 atom stereocenters. The van der Waals surface area contributed by atoms with Gasteiger partial charge in [-0.05, 0) is 71.5 Å². The van der Waals surface area contributed by atoms with Gasteiger partial charge in [0.05, 0.1) is 37.1 Å². The minimum atomic E-state index is -0.964. The Bertz CT molecular complexity index is 1320. The first kappa shape index (κ1) is 28.6. The van der Waals surface area contributed by atoms with E-state index in [0.29, 0.717) is 40.6 Å². The predicted molar refractivity (Wildman–Crippen MR) is 157 cm³/mol. The van der Waals surface area contributed by atoms with Crippen LogP contribution in [0, 0.1) is 3.57 Å². The molecule has 2 N–H and O–H groups in total. The first-order valence-corrected chi connectivity index (χ1v) is 13.7. The van der Waals surface area contributed by atoms with Crippen molar-refractivity contribution in [3.63, 3.8) is 0 Å². The molecule has 3 aromatic rings. The van der Waals surface area contributed by atoms with Crippen molar-refractivity contribution in [3.8, 4) is 0 Å². The van der Waals surface area contributed by atoms with Gasteiger partial charge in [-0.2, -0.15) is 0 Å².